The molecule has 14 heavy (non-hydrogen) atoms. The molecule has 0 bridgehead atoms. The van der Waals surface area contributed by atoms with Crippen molar-refractivity contribution in [3.63, 3.8) is 0 Å². The molecule has 0 N–H and O–H groups in total. The van der Waals surface area contributed by atoms with Crippen LogP contribution in [0.15, 0.2) is 28.0 Å². The normalized spacial score (nSPS) is 11.3. The molecule has 0 unspecified atom stereocenters. The molecule has 0 heterocycles. The van der Waals surface area contributed by atoms with Gasteiger partial charge in [-0.1, -0.05) is 0 Å². The molecule has 0 spiro atoms. The lowest BCUT2D eigenvalue weighted by atomic mass is 10.3. The van der Waals surface area contributed by atoms with Crippen LogP contribution in [0.4, 0.5) is 5.69 Å². The molecule has 5 nitrogen and oxygen atoms in total. The van der Waals surface area contributed by atoms with Crippen LogP contribution in [0.25, 0.3) is 0 Å². The average molecular weight is 233 g/mol. The van der Waals surface area contributed by atoms with E-state index in [2.05, 4.69) is 12.6 Å². The van der Waals surface area contributed by atoms with E-state index < -0.39 is 14.8 Å². The largest absolute Gasteiger partial charge is 0.283 e. The fourth-order valence-electron chi connectivity index (χ4n) is 0.880. The van der Waals surface area contributed by atoms with Crippen molar-refractivity contribution in [1.82, 2.24) is 0 Å². The summed E-state index contributed by atoms with van der Waals surface area (Å²) in [6.07, 6.45) is 0.990. The highest BCUT2D eigenvalue weighted by molar-refractivity contribution is 7.90. The van der Waals surface area contributed by atoms with Crippen molar-refractivity contribution in [3.05, 3.63) is 28.3 Å². The Morgan fingerprint density at radius 1 is 1.43 bits per heavy atom. The maximum absolute atomic E-state index is 11.1. The Balaban J connectivity index is 3.42. The number of thiol groups is 1. The Kier molecular flexibility index (Phi) is 2.81. The first kappa shape index (κ1) is 11.0. The summed E-state index contributed by atoms with van der Waals surface area (Å²) in [7, 11) is -3.41. The fraction of sp³-hybridized carbons (Fsp3) is 0.143. The molecule has 1 aromatic rings. The molecule has 0 fully saturated rings. The molecule has 1 rings (SSSR count). The number of sulfone groups is 1. The number of hydrogen-bond acceptors (Lipinski definition) is 5. The minimum absolute atomic E-state index is 0.0815. The van der Waals surface area contributed by atoms with E-state index in [1.807, 2.05) is 0 Å². The van der Waals surface area contributed by atoms with Crippen LogP contribution in [0.1, 0.15) is 0 Å². The first-order chi connectivity index (χ1) is 6.32. The minimum Gasteiger partial charge on any atom is -0.258 e. The SMILES string of the molecule is CS(=O)(=O)c1ccc(S)c([N+](=O)[O-])c1. The number of nitrogens with zero attached hydrogens (tertiary/aromatic N) is 1. The molecule has 1 aromatic carbocycles. The van der Waals surface area contributed by atoms with Gasteiger partial charge in [-0.15, -0.1) is 12.6 Å². The van der Waals surface area contributed by atoms with Crippen molar-refractivity contribution in [2.75, 3.05) is 6.26 Å². The van der Waals surface area contributed by atoms with E-state index in [0.29, 0.717) is 0 Å². The van der Waals surface area contributed by atoms with E-state index in [1.54, 1.807) is 0 Å². The van der Waals surface area contributed by atoms with Crippen LogP contribution in [-0.2, 0) is 9.84 Å². The highest BCUT2D eigenvalue weighted by Crippen LogP contribution is 2.25. The minimum atomic E-state index is -3.41. The Hall–Kier alpha value is -1.08. The quantitative estimate of drug-likeness (QED) is 0.474. The molecular weight excluding hydrogens is 226 g/mol. The first-order valence-corrected chi connectivity index (χ1v) is 5.83. The molecule has 0 aromatic heterocycles. The van der Waals surface area contributed by atoms with Crippen molar-refractivity contribution in [2.45, 2.75) is 9.79 Å². The van der Waals surface area contributed by atoms with Gasteiger partial charge in [-0.25, -0.2) is 8.42 Å². The summed E-state index contributed by atoms with van der Waals surface area (Å²) in [5.74, 6) is 0. The van der Waals surface area contributed by atoms with Crippen molar-refractivity contribution in [2.24, 2.45) is 0 Å². The van der Waals surface area contributed by atoms with Crippen LogP contribution in [0.5, 0.6) is 0 Å². The summed E-state index contributed by atoms with van der Waals surface area (Å²) >= 11 is 3.84. The molecule has 0 radical (unpaired) electrons. The zero-order chi connectivity index (χ0) is 10.9. The van der Waals surface area contributed by atoms with E-state index in [9.17, 15) is 18.5 Å². The van der Waals surface area contributed by atoms with Gasteiger partial charge in [0, 0.05) is 12.3 Å². The second kappa shape index (κ2) is 3.58. The Morgan fingerprint density at radius 3 is 2.43 bits per heavy atom. The standard InChI is InChI=1S/C7H7NO4S2/c1-14(11,12)5-2-3-7(13)6(4-5)8(9)10/h2-4,13H,1H3. The molecule has 76 valence electrons. The van der Waals surface area contributed by atoms with Gasteiger partial charge in [0.2, 0.25) is 0 Å². The van der Waals surface area contributed by atoms with Gasteiger partial charge in [0.25, 0.3) is 5.69 Å². The highest BCUT2D eigenvalue weighted by atomic mass is 32.2. The second-order valence-corrected chi connectivity index (χ2v) is 5.18. The third kappa shape index (κ3) is 2.24. The second-order valence-electron chi connectivity index (χ2n) is 2.68. The van der Waals surface area contributed by atoms with Crippen LogP contribution in [0, 0.1) is 10.1 Å². The van der Waals surface area contributed by atoms with Crippen molar-refractivity contribution >= 4 is 28.2 Å². The molecule has 0 aliphatic rings. The lowest BCUT2D eigenvalue weighted by molar-refractivity contribution is -0.387. The monoisotopic (exact) mass is 233 g/mol. The van der Waals surface area contributed by atoms with Gasteiger partial charge in [0.05, 0.1) is 14.7 Å². The van der Waals surface area contributed by atoms with Crippen LogP contribution in [0.2, 0.25) is 0 Å². The summed E-state index contributed by atoms with van der Waals surface area (Å²) in [5.41, 5.74) is -0.309. The third-order valence-corrected chi connectivity index (χ3v) is 3.06. The summed E-state index contributed by atoms with van der Waals surface area (Å²) < 4.78 is 22.1. The number of benzene rings is 1. The molecule has 0 amide bonds. The van der Waals surface area contributed by atoms with Gasteiger partial charge in [-0.3, -0.25) is 10.1 Å². The maximum atomic E-state index is 11.1. The average Bonchev–Trinajstić information content (AvgIpc) is 2.02. The number of hydrogen-bond donors (Lipinski definition) is 1. The Bertz CT molecular complexity index is 480. The van der Waals surface area contributed by atoms with Gasteiger partial charge < -0.3 is 0 Å². The smallest absolute Gasteiger partial charge is 0.258 e. The number of nitro benzene ring substituents is 1. The van der Waals surface area contributed by atoms with Gasteiger partial charge >= 0.3 is 0 Å². The molecular formula is C7H7NO4S2. The van der Waals surface area contributed by atoms with Crippen LogP contribution in [-0.4, -0.2) is 19.6 Å². The zero-order valence-electron chi connectivity index (χ0n) is 7.17. The summed E-state index contributed by atoms with van der Waals surface area (Å²) in [4.78, 5) is 9.85. The summed E-state index contributed by atoms with van der Waals surface area (Å²) in [5, 5.41) is 10.5. The van der Waals surface area contributed by atoms with Crippen molar-refractivity contribution in [3.8, 4) is 0 Å². The van der Waals surface area contributed by atoms with Gasteiger partial charge in [-0.2, -0.15) is 0 Å². The molecule has 0 atom stereocenters. The van der Waals surface area contributed by atoms with Crippen molar-refractivity contribution in [1.29, 1.82) is 0 Å². The molecule has 0 aliphatic carbocycles. The topological polar surface area (TPSA) is 77.3 Å². The maximum Gasteiger partial charge on any atom is 0.283 e. The van der Waals surface area contributed by atoms with E-state index in [4.69, 9.17) is 0 Å². The Labute approximate surface area is 86.2 Å². The first-order valence-electron chi connectivity index (χ1n) is 3.50. The van der Waals surface area contributed by atoms with Crippen LogP contribution >= 0.6 is 12.6 Å². The van der Waals surface area contributed by atoms with Gasteiger partial charge in [0.1, 0.15) is 0 Å². The van der Waals surface area contributed by atoms with Crippen molar-refractivity contribution < 1.29 is 13.3 Å². The van der Waals surface area contributed by atoms with E-state index in [-0.39, 0.29) is 15.5 Å². The number of nitro groups is 1. The van der Waals surface area contributed by atoms with E-state index >= 15 is 0 Å². The van der Waals surface area contributed by atoms with E-state index in [1.165, 1.54) is 12.1 Å². The van der Waals surface area contributed by atoms with E-state index in [0.717, 1.165) is 12.3 Å². The Morgan fingerprint density at radius 2 is 2.00 bits per heavy atom. The lowest BCUT2D eigenvalue weighted by Crippen LogP contribution is -1.99. The molecule has 0 saturated carbocycles. The number of rotatable bonds is 2. The van der Waals surface area contributed by atoms with Gasteiger partial charge in [-0.05, 0) is 12.1 Å². The summed E-state index contributed by atoms with van der Waals surface area (Å²) in [6, 6.07) is 3.57. The van der Waals surface area contributed by atoms with Crippen LogP contribution in [0.3, 0.4) is 0 Å². The molecule has 0 aliphatic heterocycles. The van der Waals surface area contributed by atoms with Crippen LogP contribution < -0.4 is 0 Å². The zero-order valence-corrected chi connectivity index (χ0v) is 8.88. The molecule has 0 saturated heterocycles. The fourth-order valence-corrected chi connectivity index (χ4v) is 1.74. The molecule has 7 heteroatoms. The highest BCUT2D eigenvalue weighted by Gasteiger charge is 2.16. The lowest BCUT2D eigenvalue weighted by Gasteiger charge is -1.99. The predicted molar refractivity (Wildman–Crippen MR) is 53.5 cm³/mol. The summed E-state index contributed by atoms with van der Waals surface area (Å²) in [6.45, 7) is 0. The third-order valence-electron chi connectivity index (χ3n) is 1.57. The van der Waals surface area contributed by atoms with Gasteiger partial charge in [0.15, 0.2) is 9.84 Å². The predicted octanol–water partition coefficient (Wildman–Crippen LogP) is 1.29.